The van der Waals surface area contributed by atoms with E-state index < -0.39 is 23.6 Å². The topological polar surface area (TPSA) is 75.7 Å². The maximum absolute atomic E-state index is 12.9. The molecule has 1 saturated heterocycles. The zero-order chi connectivity index (χ0) is 24.9. The van der Waals surface area contributed by atoms with E-state index in [1.807, 2.05) is 30.3 Å². The van der Waals surface area contributed by atoms with Crippen LogP contribution in [-0.4, -0.2) is 28.5 Å². The van der Waals surface area contributed by atoms with E-state index in [2.05, 4.69) is 37.2 Å². The first-order chi connectivity index (χ1) is 16.8. The number of thioether (sulfide) groups is 1. The Morgan fingerprint density at radius 2 is 1.74 bits per heavy atom. The van der Waals surface area contributed by atoms with Gasteiger partial charge in [0.25, 0.3) is 11.1 Å². The summed E-state index contributed by atoms with van der Waals surface area (Å²) in [5.74, 6) is -0.518. The number of hydrogen-bond donors (Lipinski definition) is 1. The van der Waals surface area contributed by atoms with E-state index in [9.17, 15) is 14.4 Å². The molecular weight excluding hydrogens is 620 g/mol. The molecule has 1 fully saturated rings. The summed E-state index contributed by atoms with van der Waals surface area (Å²) < 4.78 is 7.75. The Morgan fingerprint density at radius 1 is 1.03 bits per heavy atom. The molecule has 35 heavy (non-hydrogen) atoms. The lowest BCUT2D eigenvalue weighted by Crippen LogP contribution is -2.36. The van der Waals surface area contributed by atoms with Crippen LogP contribution >= 0.6 is 55.2 Å². The molecule has 0 unspecified atom stereocenters. The molecule has 3 aromatic carbocycles. The van der Waals surface area contributed by atoms with Crippen molar-refractivity contribution in [3.63, 3.8) is 0 Å². The second-order valence-electron chi connectivity index (χ2n) is 7.39. The molecule has 0 saturated carbocycles. The monoisotopic (exact) mass is 634 g/mol. The van der Waals surface area contributed by atoms with Crippen molar-refractivity contribution in [2.24, 2.45) is 0 Å². The lowest BCUT2D eigenvalue weighted by Gasteiger charge is -2.13. The number of nitrogens with one attached hydrogen (secondary N) is 1. The zero-order valence-electron chi connectivity index (χ0n) is 18.0. The summed E-state index contributed by atoms with van der Waals surface area (Å²) in [5.41, 5.74) is 2.01. The normalized spacial score (nSPS) is 14.5. The molecule has 0 radical (unpaired) electrons. The van der Waals surface area contributed by atoms with Gasteiger partial charge in [0.15, 0.2) is 0 Å². The summed E-state index contributed by atoms with van der Waals surface area (Å²) in [4.78, 5) is 39.0. The van der Waals surface area contributed by atoms with Crippen LogP contribution in [0.2, 0.25) is 5.02 Å². The van der Waals surface area contributed by atoms with Crippen molar-refractivity contribution in [3.8, 4) is 5.75 Å². The van der Waals surface area contributed by atoms with Gasteiger partial charge in [0, 0.05) is 14.5 Å². The summed E-state index contributed by atoms with van der Waals surface area (Å²) in [5, 5.41) is 2.46. The first kappa shape index (κ1) is 25.5. The van der Waals surface area contributed by atoms with Gasteiger partial charge >= 0.3 is 0 Å². The van der Waals surface area contributed by atoms with Gasteiger partial charge in [0.05, 0.1) is 15.6 Å². The average Bonchev–Trinajstić information content (AvgIpc) is 3.08. The van der Waals surface area contributed by atoms with Crippen LogP contribution in [-0.2, 0) is 16.2 Å². The number of carbonyl (C=O) groups is 3. The molecule has 0 atom stereocenters. The van der Waals surface area contributed by atoms with Crippen molar-refractivity contribution in [2.45, 2.75) is 6.61 Å². The molecule has 0 spiro atoms. The van der Waals surface area contributed by atoms with Crippen LogP contribution in [0.3, 0.4) is 0 Å². The molecule has 1 aliphatic rings. The fraction of sp³-hybridized carbons (Fsp3) is 0.0800. The summed E-state index contributed by atoms with van der Waals surface area (Å²) in [6, 6.07) is 19.9. The van der Waals surface area contributed by atoms with E-state index in [1.54, 1.807) is 42.5 Å². The van der Waals surface area contributed by atoms with Crippen LogP contribution in [0.5, 0.6) is 5.75 Å². The van der Waals surface area contributed by atoms with Crippen molar-refractivity contribution in [1.82, 2.24) is 4.90 Å². The summed E-state index contributed by atoms with van der Waals surface area (Å²) in [6.45, 7) is -0.0852. The van der Waals surface area contributed by atoms with Crippen LogP contribution in [0.4, 0.5) is 10.5 Å². The predicted molar refractivity (Wildman–Crippen MR) is 145 cm³/mol. The van der Waals surface area contributed by atoms with Crippen molar-refractivity contribution >= 4 is 84.0 Å². The van der Waals surface area contributed by atoms with E-state index in [4.69, 9.17) is 16.3 Å². The first-order valence-corrected chi connectivity index (χ1v) is 13.0. The van der Waals surface area contributed by atoms with Crippen LogP contribution in [0.25, 0.3) is 6.08 Å². The molecule has 1 N–H and O–H groups in total. The Balaban J connectivity index is 1.48. The zero-order valence-corrected chi connectivity index (χ0v) is 22.7. The van der Waals surface area contributed by atoms with Gasteiger partial charge in [-0.15, -0.1) is 0 Å². The highest BCUT2D eigenvalue weighted by molar-refractivity contribution is 9.10. The molecule has 4 rings (SSSR count). The highest BCUT2D eigenvalue weighted by Gasteiger charge is 2.36. The van der Waals surface area contributed by atoms with E-state index >= 15 is 0 Å². The molecule has 3 aromatic rings. The number of halogens is 3. The number of nitrogens with zero attached hydrogens (tertiary/aromatic N) is 1. The van der Waals surface area contributed by atoms with Crippen LogP contribution in [0.1, 0.15) is 11.1 Å². The molecule has 0 bridgehead atoms. The summed E-state index contributed by atoms with van der Waals surface area (Å²) >= 11 is 13.7. The molecule has 1 aliphatic heterocycles. The van der Waals surface area contributed by atoms with Crippen LogP contribution in [0.15, 0.2) is 80.6 Å². The minimum absolute atomic E-state index is 0.201. The number of amides is 3. The maximum atomic E-state index is 12.9. The quantitative estimate of drug-likeness (QED) is 0.280. The van der Waals surface area contributed by atoms with Gasteiger partial charge in [-0.25, -0.2) is 0 Å². The first-order valence-electron chi connectivity index (χ1n) is 10.3. The van der Waals surface area contributed by atoms with Gasteiger partial charge < -0.3 is 10.1 Å². The Morgan fingerprint density at radius 3 is 2.49 bits per heavy atom. The third-order valence-electron chi connectivity index (χ3n) is 4.89. The largest absolute Gasteiger partial charge is 0.488 e. The van der Waals surface area contributed by atoms with Gasteiger partial charge in [0.2, 0.25) is 5.91 Å². The van der Waals surface area contributed by atoms with E-state index in [0.717, 1.165) is 31.2 Å². The van der Waals surface area contributed by atoms with Gasteiger partial charge in [-0.1, -0.05) is 67.7 Å². The molecule has 10 heteroatoms. The van der Waals surface area contributed by atoms with Gasteiger partial charge in [0.1, 0.15) is 18.9 Å². The minimum Gasteiger partial charge on any atom is -0.488 e. The SMILES string of the molecule is O=C(CN1C(=O)S/C(=C/c2cc(Br)ccc2OCc2ccc(Br)cc2)C1=O)Nc1ccccc1Cl. The number of anilines is 1. The second kappa shape index (κ2) is 11.4. The average molecular weight is 637 g/mol. The highest BCUT2D eigenvalue weighted by Crippen LogP contribution is 2.35. The van der Waals surface area contributed by atoms with Crippen LogP contribution < -0.4 is 10.1 Å². The standard InChI is InChI=1S/C25H17Br2ClN2O4S/c26-17-7-5-15(6-8-17)14-34-21-10-9-18(27)11-16(21)12-22-24(32)30(25(33)35-22)13-23(31)29-20-4-2-1-3-19(20)28/h1-12H,13-14H2,(H,29,31)/b22-12+. The predicted octanol–water partition coefficient (Wildman–Crippen LogP) is 7.12. The molecule has 178 valence electrons. The van der Waals surface area contributed by atoms with Gasteiger partial charge in [-0.2, -0.15) is 0 Å². The lowest BCUT2D eigenvalue weighted by atomic mass is 10.1. The second-order valence-corrected chi connectivity index (χ2v) is 10.6. The number of hydrogen-bond acceptors (Lipinski definition) is 5. The third-order valence-corrected chi connectivity index (χ3v) is 7.15. The van der Waals surface area contributed by atoms with E-state index in [0.29, 0.717) is 28.6 Å². The Hall–Kier alpha value is -2.59. The minimum atomic E-state index is -0.548. The summed E-state index contributed by atoms with van der Waals surface area (Å²) in [6.07, 6.45) is 1.60. The molecule has 1 heterocycles. The number of benzene rings is 3. The summed E-state index contributed by atoms with van der Waals surface area (Å²) in [7, 11) is 0. The molecule has 0 aliphatic carbocycles. The van der Waals surface area contributed by atoms with Crippen molar-refractivity contribution in [3.05, 3.63) is 96.7 Å². The van der Waals surface area contributed by atoms with Crippen molar-refractivity contribution in [1.29, 1.82) is 0 Å². The van der Waals surface area contributed by atoms with Gasteiger partial charge in [-0.3, -0.25) is 19.3 Å². The molecule has 0 aromatic heterocycles. The molecular formula is C25H17Br2ClN2O4S. The molecule has 6 nitrogen and oxygen atoms in total. The third kappa shape index (κ3) is 6.55. The van der Waals surface area contributed by atoms with E-state index in [1.165, 1.54) is 0 Å². The number of imide groups is 1. The lowest BCUT2D eigenvalue weighted by molar-refractivity contribution is -0.127. The number of rotatable bonds is 7. The van der Waals surface area contributed by atoms with Gasteiger partial charge in [-0.05, 0) is 65.9 Å². The van der Waals surface area contributed by atoms with Crippen molar-refractivity contribution in [2.75, 3.05) is 11.9 Å². The number of ether oxygens (including phenoxy) is 1. The van der Waals surface area contributed by atoms with Crippen LogP contribution in [0, 0.1) is 0 Å². The highest BCUT2D eigenvalue weighted by atomic mass is 79.9. The smallest absolute Gasteiger partial charge is 0.294 e. The maximum Gasteiger partial charge on any atom is 0.294 e. The van der Waals surface area contributed by atoms with Crippen molar-refractivity contribution < 1.29 is 19.1 Å². The molecule has 3 amide bonds. The fourth-order valence-corrected chi connectivity index (χ4v) is 4.83. The Labute approximate surface area is 227 Å². The van der Waals surface area contributed by atoms with E-state index in [-0.39, 0.29) is 4.91 Å². The fourth-order valence-electron chi connectivity index (χ4n) is 3.18. The Bertz CT molecular complexity index is 1330. The number of para-hydroxylation sites is 1. The number of carbonyl (C=O) groups excluding carboxylic acids is 3. The Kier molecular flexibility index (Phi) is 8.33.